The molecule has 1 amide bonds. The van der Waals surface area contributed by atoms with Crippen molar-refractivity contribution in [3.05, 3.63) is 47.3 Å². The van der Waals surface area contributed by atoms with Crippen molar-refractivity contribution in [3.8, 4) is 11.4 Å². The predicted molar refractivity (Wildman–Crippen MR) is 88.3 cm³/mol. The topological polar surface area (TPSA) is 90.5 Å². The van der Waals surface area contributed by atoms with Crippen LogP contribution in [0.1, 0.15) is 21.7 Å². The van der Waals surface area contributed by atoms with Crippen LogP contribution in [0, 0.1) is 13.8 Å². The highest BCUT2D eigenvalue weighted by Crippen LogP contribution is 2.16. The van der Waals surface area contributed by atoms with Gasteiger partial charge in [0.1, 0.15) is 0 Å². The Morgan fingerprint density at radius 2 is 2.08 bits per heavy atom. The minimum absolute atomic E-state index is 0.131. The molecule has 0 saturated carbocycles. The zero-order chi connectivity index (χ0) is 17.1. The van der Waals surface area contributed by atoms with Crippen LogP contribution >= 0.6 is 0 Å². The molecule has 1 N–H and O–H groups in total. The van der Waals surface area contributed by atoms with E-state index < -0.39 is 0 Å². The molecule has 0 radical (unpaired) electrons. The first-order valence-corrected chi connectivity index (χ1v) is 7.66. The molecule has 0 saturated heterocycles. The van der Waals surface area contributed by atoms with E-state index in [1.807, 2.05) is 36.7 Å². The average molecular weight is 325 g/mol. The minimum atomic E-state index is -0.131. The molecule has 2 aromatic heterocycles. The summed E-state index contributed by atoms with van der Waals surface area (Å²) in [5.74, 6) is 0.487. The van der Waals surface area contributed by atoms with Crippen LogP contribution in [0.5, 0.6) is 0 Å². The Bertz CT molecular complexity index is 865. The van der Waals surface area contributed by atoms with Crippen molar-refractivity contribution >= 4 is 5.91 Å². The number of carbonyl (C=O) groups excluding carboxylic acids is 1. The van der Waals surface area contributed by atoms with E-state index in [9.17, 15) is 4.79 Å². The summed E-state index contributed by atoms with van der Waals surface area (Å²) in [6.45, 7) is 5.10. The Labute approximate surface area is 139 Å². The van der Waals surface area contributed by atoms with Crippen molar-refractivity contribution in [2.75, 3.05) is 6.54 Å². The Kier molecular flexibility index (Phi) is 4.37. The van der Waals surface area contributed by atoms with Gasteiger partial charge >= 0.3 is 0 Å². The number of benzene rings is 1. The first-order valence-electron chi connectivity index (χ1n) is 7.66. The molecular formula is C16H19N7O. The lowest BCUT2D eigenvalue weighted by atomic mass is 10.1. The quantitative estimate of drug-likeness (QED) is 0.759. The number of nitrogens with zero attached hydrogens (tertiary/aromatic N) is 6. The van der Waals surface area contributed by atoms with E-state index in [2.05, 4.69) is 25.9 Å². The van der Waals surface area contributed by atoms with Crippen molar-refractivity contribution in [2.45, 2.75) is 20.4 Å². The average Bonchev–Trinajstić information content (AvgIpc) is 3.12. The van der Waals surface area contributed by atoms with Crippen LogP contribution in [0.4, 0.5) is 0 Å². The second-order valence-electron chi connectivity index (χ2n) is 5.61. The van der Waals surface area contributed by atoms with Gasteiger partial charge in [0.15, 0.2) is 5.82 Å². The van der Waals surface area contributed by atoms with E-state index in [0.717, 1.165) is 17.0 Å². The minimum Gasteiger partial charge on any atom is -0.350 e. The summed E-state index contributed by atoms with van der Waals surface area (Å²) in [5.41, 5.74) is 3.43. The molecule has 124 valence electrons. The zero-order valence-corrected chi connectivity index (χ0v) is 13.9. The Morgan fingerprint density at radius 3 is 2.75 bits per heavy atom. The predicted octanol–water partition coefficient (Wildman–Crippen LogP) is 1.12. The van der Waals surface area contributed by atoms with Crippen molar-refractivity contribution in [3.63, 3.8) is 0 Å². The summed E-state index contributed by atoms with van der Waals surface area (Å²) >= 11 is 0. The van der Waals surface area contributed by atoms with Gasteiger partial charge in [-0.1, -0.05) is 12.1 Å². The molecule has 8 heteroatoms. The summed E-state index contributed by atoms with van der Waals surface area (Å²) < 4.78 is 3.46. The normalized spacial score (nSPS) is 10.8. The molecule has 3 rings (SSSR count). The number of tetrazole rings is 1. The van der Waals surface area contributed by atoms with Crippen LogP contribution in [-0.2, 0) is 13.6 Å². The first-order chi connectivity index (χ1) is 11.5. The zero-order valence-electron chi connectivity index (χ0n) is 13.9. The fourth-order valence-electron chi connectivity index (χ4n) is 2.55. The van der Waals surface area contributed by atoms with Gasteiger partial charge in [-0.25, -0.2) is 4.68 Å². The highest BCUT2D eigenvalue weighted by atomic mass is 16.1. The molecule has 24 heavy (non-hydrogen) atoms. The second kappa shape index (κ2) is 6.61. The van der Waals surface area contributed by atoms with Crippen molar-refractivity contribution in [1.29, 1.82) is 0 Å². The fraction of sp³-hybridized carbons (Fsp3) is 0.312. The number of nitrogens with one attached hydrogen (secondary N) is 1. The van der Waals surface area contributed by atoms with Crippen LogP contribution < -0.4 is 5.32 Å². The molecule has 0 atom stereocenters. The largest absolute Gasteiger partial charge is 0.350 e. The molecule has 0 bridgehead atoms. The second-order valence-corrected chi connectivity index (χ2v) is 5.61. The summed E-state index contributed by atoms with van der Waals surface area (Å²) in [6, 6.07) is 9.26. The van der Waals surface area contributed by atoms with Gasteiger partial charge in [0.2, 0.25) is 0 Å². The fourth-order valence-corrected chi connectivity index (χ4v) is 2.55. The van der Waals surface area contributed by atoms with E-state index in [1.165, 1.54) is 0 Å². The number of rotatable bonds is 5. The van der Waals surface area contributed by atoms with Crippen LogP contribution in [0.2, 0.25) is 0 Å². The van der Waals surface area contributed by atoms with Crippen molar-refractivity contribution in [2.24, 2.45) is 7.05 Å². The van der Waals surface area contributed by atoms with Crippen LogP contribution in [0.15, 0.2) is 30.3 Å². The molecule has 0 spiro atoms. The number of hydrogen-bond acceptors (Lipinski definition) is 5. The maximum absolute atomic E-state index is 12.3. The third-order valence-electron chi connectivity index (χ3n) is 3.72. The Morgan fingerprint density at radius 1 is 1.25 bits per heavy atom. The monoisotopic (exact) mass is 325 g/mol. The number of hydrogen-bond donors (Lipinski definition) is 1. The molecule has 3 aromatic rings. The lowest BCUT2D eigenvalue weighted by Crippen LogP contribution is -2.27. The van der Waals surface area contributed by atoms with E-state index in [-0.39, 0.29) is 5.91 Å². The van der Waals surface area contributed by atoms with Crippen LogP contribution in [0.25, 0.3) is 11.4 Å². The number of aryl methyl sites for hydroxylation is 3. The number of aromatic nitrogens is 6. The van der Waals surface area contributed by atoms with Gasteiger partial charge in [-0.05, 0) is 42.5 Å². The Balaban J connectivity index is 1.65. The smallest absolute Gasteiger partial charge is 0.251 e. The van der Waals surface area contributed by atoms with Gasteiger partial charge < -0.3 is 5.32 Å². The third-order valence-corrected chi connectivity index (χ3v) is 3.72. The van der Waals surface area contributed by atoms with E-state index in [1.54, 1.807) is 23.9 Å². The van der Waals surface area contributed by atoms with E-state index in [0.29, 0.717) is 24.5 Å². The van der Waals surface area contributed by atoms with Gasteiger partial charge in [-0.3, -0.25) is 9.48 Å². The highest BCUT2D eigenvalue weighted by Gasteiger charge is 2.10. The molecular weight excluding hydrogens is 306 g/mol. The molecule has 2 heterocycles. The maximum atomic E-state index is 12.3. The van der Waals surface area contributed by atoms with Crippen molar-refractivity contribution in [1.82, 2.24) is 35.3 Å². The summed E-state index contributed by atoms with van der Waals surface area (Å²) in [6.07, 6.45) is 0. The lowest BCUT2D eigenvalue weighted by molar-refractivity contribution is 0.0952. The summed E-state index contributed by atoms with van der Waals surface area (Å²) in [5, 5.41) is 18.7. The standard InChI is InChI=1S/C16H19N7O/c1-11-9-12(2)23(19-11)8-7-17-16(24)14-6-4-5-13(10-14)15-18-20-21-22(15)3/h4-6,9-10H,7-8H2,1-3H3,(H,17,24). The van der Waals surface area contributed by atoms with Gasteiger partial charge in [-0.2, -0.15) is 5.10 Å². The summed E-state index contributed by atoms with van der Waals surface area (Å²) in [7, 11) is 1.76. The van der Waals surface area contributed by atoms with E-state index in [4.69, 9.17) is 0 Å². The van der Waals surface area contributed by atoms with Gasteiger partial charge in [-0.15, -0.1) is 5.10 Å². The van der Waals surface area contributed by atoms with Crippen LogP contribution in [-0.4, -0.2) is 42.4 Å². The molecule has 0 fully saturated rings. The van der Waals surface area contributed by atoms with E-state index >= 15 is 0 Å². The highest BCUT2D eigenvalue weighted by molar-refractivity contribution is 5.95. The number of amides is 1. The molecule has 0 aliphatic carbocycles. The molecule has 1 aromatic carbocycles. The third kappa shape index (κ3) is 3.32. The van der Waals surface area contributed by atoms with Gasteiger partial charge in [0.05, 0.1) is 12.2 Å². The molecule has 0 aliphatic rings. The van der Waals surface area contributed by atoms with Crippen LogP contribution in [0.3, 0.4) is 0 Å². The van der Waals surface area contributed by atoms with Crippen molar-refractivity contribution < 1.29 is 4.79 Å². The van der Waals surface area contributed by atoms with Gasteiger partial charge in [0.25, 0.3) is 5.91 Å². The SMILES string of the molecule is Cc1cc(C)n(CCNC(=O)c2cccc(-c3nnnn3C)c2)n1. The Hall–Kier alpha value is -3.03. The maximum Gasteiger partial charge on any atom is 0.251 e. The van der Waals surface area contributed by atoms with Gasteiger partial charge in [0, 0.05) is 30.4 Å². The molecule has 8 nitrogen and oxygen atoms in total. The molecule has 0 unspecified atom stereocenters. The lowest BCUT2D eigenvalue weighted by Gasteiger charge is -2.08. The summed E-state index contributed by atoms with van der Waals surface area (Å²) in [4.78, 5) is 12.3. The number of carbonyl (C=O) groups is 1. The molecule has 0 aliphatic heterocycles. The first kappa shape index (κ1) is 15.9.